The van der Waals surface area contributed by atoms with Gasteiger partial charge in [-0.15, -0.1) is 0 Å². The summed E-state index contributed by atoms with van der Waals surface area (Å²) in [5.41, 5.74) is 14.2. The Bertz CT molecular complexity index is 3200. The molecule has 11 aromatic rings. The fourth-order valence-corrected chi connectivity index (χ4v) is 8.02. The lowest BCUT2D eigenvalue weighted by Gasteiger charge is -2.28. The molecule has 0 amide bonds. The second-order valence-electron chi connectivity index (χ2n) is 14.4. The minimum atomic E-state index is 0.605. The van der Waals surface area contributed by atoms with E-state index in [0.29, 0.717) is 11.5 Å². The molecule has 0 spiro atoms. The average Bonchev–Trinajstić information content (AvgIpc) is 3.87. The van der Waals surface area contributed by atoms with Gasteiger partial charge in [-0.2, -0.15) is 0 Å². The molecular weight excluding hydrogens is 697 g/mol. The van der Waals surface area contributed by atoms with Crippen LogP contribution in [0.25, 0.3) is 88.6 Å². The van der Waals surface area contributed by atoms with Crippen LogP contribution in [-0.4, -0.2) is 4.98 Å². The number of rotatable bonds is 7. The first kappa shape index (κ1) is 32.7. The van der Waals surface area contributed by atoms with Gasteiger partial charge in [0.05, 0.1) is 5.69 Å². The molecule has 268 valence electrons. The number of furan rings is 1. The second kappa shape index (κ2) is 13.6. The van der Waals surface area contributed by atoms with Crippen LogP contribution in [0.1, 0.15) is 0 Å². The van der Waals surface area contributed by atoms with E-state index >= 15 is 0 Å². The molecule has 0 saturated carbocycles. The summed E-state index contributed by atoms with van der Waals surface area (Å²) >= 11 is 0. The van der Waals surface area contributed by atoms with E-state index in [-0.39, 0.29) is 0 Å². The van der Waals surface area contributed by atoms with Gasteiger partial charge in [0.2, 0.25) is 5.89 Å². The molecule has 0 radical (unpaired) electrons. The van der Waals surface area contributed by atoms with Crippen molar-refractivity contribution in [3.05, 3.63) is 206 Å². The van der Waals surface area contributed by atoms with Crippen LogP contribution in [0.5, 0.6) is 0 Å². The number of hydrogen-bond donors (Lipinski definition) is 0. The third kappa shape index (κ3) is 5.92. The Balaban J connectivity index is 0.993. The van der Waals surface area contributed by atoms with Crippen molar-refractivity contribution in [2.75, 3.05) is 4.90 Å². The molecule has 0 unspecified atom stereocenters. The summed E-state index contributed by atoms with van der Waals surface area (Å²) in [5, 5.41) is 4.44. The first-order valence-electron chi connectivity index (χ1n) is 19.2. The molecule has 0 saturated heterocycles. The zero-order valence-corrected chi connectivity index (χ0v) is 30.8. The fraction of sp³-hybridized carbons (Fsp3) is 0. The van der Waals surface area contributed by atoms with E-state index in [0.717, 1.165) is 61.2 Å². The predicted octanol–water partition coefficient (Wildman–Crippen LogP) is 15.0. The quantitative estimate of drug-likeness (QED) is 0.164. The van der Waals surface area contributed by atoms with Gasteiger partial charge in [-0.1, -0.05) is 133 Å². The first-order valence-corrected chi connectivity index (χ1v) is 19.2. The van der Waals surface area contributed by atoms with Gasteiger partial charge < -0.3 is 13.7 Å². The molecule has 11 rings (SSSR count). The molecule has 4 heteroatoms. The van der Waals surface area contributed by atoms with Crippen LogP contribution >= 0.6 is 0 Å². The summed E-state index contributed by atoms with van der Waals surface area (Å²) in [6, 6.07) is 72.6. The molecule has 2 heterocycles. The maximum absolute atomic E-state index is 6.45. The SMILES string of the molecule is c1ccc(-c2ccc(N(c3ccc(-c4ccc5c(c4)oc4cc6oc(-c7ccccc7)nc6cc45)cc3)c3cc(-c4ccccc4)cc4ccccc34)cc2)cc1. The van der Waals surface area contributed by atoms with E-state index in [2.05, 4.69) is 175 Å². The number of hydrogen-bond acceptors (Lipinski definition) is 4. The molecule has 57 heavy (non-hydrogen) atoms. The van der Waals surface area contributed by atoms with Crippen molar-refractivity contribution < 1.29 is 8.83 Å². The molecular formula is C53H34N2O2. The smallest absolute Gasteiger partial charge is 0.227 e. The summed E-state index contributed by atoms with van der Waals surface area (Å²) in [6.45, 7) is 0. The largest absolute Gasteiger partial charge is 0.456 e. The van der Waals surface area contributed by atoms with Crippen LogP contribution < -0.4 is 4.90 Å². The molecule has 2 aromatic heterocycles. The van der Waals surface area contributed by atoms with Gasteiger partial charge >= 0.3 is 0 Å². The molecule has 9 aromatic carbocycles. The Kier molecular flexibility index (Phi) is 7.78. The Hall–Kier alpha value is -7.69. The minimum absolute atomic E-state index is 0.605. The minimum Gasteiger partial charge on any atom is -0.456 e. The van der Waals surface area contributed by atoms with Crippen LogP contribution in [-0.2, 0) is 0 Å². The van der Waals surface area contributed by atoms with Gasteiger partial charge in [0.15, 0.2) is 5.58 Å². The number of nitrogens with zero attached hydrogens (tertiary/aromatic N) is 2. The number of oxazole rings is 1. The van der Waals surface area contributed by atoms with Crippen molar-refractivity contribution in [3.63, 3.8) is 0 Å². The van der Waals surface area contributed by atoms with Crippen molar-refractivity contribution in [3.8, 4) is 44.8 Å². The van der Waals surface area contributed by atoms with Crippen molar-refractivity contribution in [1.29, 1.82) is 0 Å². The third-order valence-corrected chi connectivity index (χ3v) is 10.9. The molecule has 0 aliphatic carbocycles. The van der Waals surface area contributed by atoms with E-state index in [4.69, 9.17) is 13.8 Å². The molecule has 0 aliphatic heterocycles. The highest BCUT2D eigenvalue weighted by atomic mass is 16.4. The standard InChI is InChI=1S/C53H34N2O2/c1-4-12-35(13-5-1)37-20-25-43(26-21-37)55(49-31-42(36-14-6-2-7-15-36)30-41-18-10-11-19-45(41)49)44-27-22-38(23-28-44)40-24-29-46-47-33-48-52(34-51(47)56-50(46)32-40)57-53(54-48)39-16-8-3-9-17-39/h1-34H. The number of aromatic nitrogens is 1. The van der Waals surface area contributed by atoms with Gasteiger partial charge in [0, 0.05) is 39.2 Å². The monoisotopic (exact) mass is 730 g/mol. The lowest BCUT2D eigenvalue weighted by molar-refractivity contribution is 0.617. The van der Waals surface area contributed by atoms with Crippen molar-refractivity contribution >= 4 is 60.9 Å². The maximum atomic E-state index is 6.45. The topological polar surface area (TPSA) is 42.4 Å². The summed E-state index contributed by atoms with van der Waals surface area (Å²) in [6.07, 6.45) is 0. The molecule has 4 nitrogen and oxygen atoms in total. The normalized spacial score (nSPS) is 11.5. The molecule has 0 bridgehead atoms. The summed E-state index contributed by atoms with van der Waals surface area (Å²) in [5.74, 6) is 0.605. The highest BCUT2D eigenvalue weighted by Gasteiger charge is 2.19. The highest BCUT2D eigenvalue weighted by Crippen LogP contribution is 2.43. The zero-order valence-electron chi connectivity index (χ0n) is 30.8. The highest BCUT2D eigenvalue weighted by molar-refractivity contribution is 6.10. The van der Waals surface area contributed by atoms with Crippen LogP contribution in [0.15, 0.2) is 215 Å². The van der Waals surface area contributed by atoms with Crippen LogP contribution in [0.4, 0.5) is 17.1 Å². The van der Waals surface area contributed by atoms with Gasteiger partial charge in [0.25, 0.3) is 0 Å². The van der Waals surface area contributed by atoms with Crippen molar-refractivity contribution in [1.82, 2.24) is 4.98 Å². The number of fused-ring (bicyclic) bond motifs is 5. The van der Waals surface area contributed by atoms with E-state index in [1.54, 1.807) is 0 Å². The van der Waals surface area contributed by atoms with E-state index in [1.807, 2.05) is 36.4 Å². The maximum Gasteiger partial charge on any atom is 0.227 e. The lowest BCUT2D eigenvalue weighted by atomic mass is 9.98. The number of benzene rings is 9. The van der Waals surface area contributed by atoms with Crippen molar-refractivity contribution in [2.45, 2.75) is 0 Å². The molecule has 0 fully saturated rings. The second-order valence-corrected chi connectivity index (χ2v) is 14.4. The Morgan fingerprint density at radius 1 is 0.333 bits per heavy atom. The Morgan fingerprint density at radius 2 is 0.877 bits per heavy atom. The van der Waals surface area contributed by atoms with Gasteiger partial charge in [-0.3, -0.25) is 0 Å². The van der Waals surface area contributed by atoms with E-state index in [9.17, 15) is 0 Å². The first-order chi connectivity index (χ1) is 28.2. The van der Waals surface area contributed by atoms with Gasteiger partial charge in [0.1, 0.15) is 16.7 Å². The lowest BCUT2D eigenvalue weighted by Crippen LogP contribution is -2.10. The van der Waals surface area contributed by atoms with Crippen LogP contribution in [0, 0.1) is 0 Å². The Morgan fingerprint density at radius 3 is 1.56 bits per heavy atom. The van der Waals surface area contributed by atoms with Gasteiger partial charge in [-0.05, 0) is 105 Å². The predicted molar refractivity (Wildman–Crippen MR) is 235 cm³/mol. The third-order valence-electron chi connectivity index (χ3n) is 10.9. The molecule has 0 aliphatic rings. The van der Waals surface area contributed by atoms with Crippen molar-refractivity contribution in [2.24, 2.45) is 0 Å². The summed E-state index contributed by atoms with van der Waals surface area (Å²) < 4.78 is 12.6. The number of anilines is 3. The Labute approximate surface area is 329 Å². The summed E-state index contributed by atoms with van der Waals surface area (Å²) in [4.78, 5) is 7.17. The zero-order chi connectivity index (χ0) is 37.7. The fourth-order valence-electron chi connectivity index (χ4n) is 8.02. The van der Waals surface area contributed by atoms with Crippen LogP contribution in [0.3, 0.4) is 0 Å². The van der Waals surface area contributed by atoms with E-state index < -0.39 is 0 Å². The molecule has 0 atom stereocenters. The molecule has 0 N–H and O–H groups in total. The van der Waals surface area contributed by atoms with Crippen LogP contribution in [0.2, 0.25) is 0 Å². The summed E-state index contributed by atoms with van der Waals surface area (Å²) in [7, 11) is 0. The van der Waals surface area contributed by atoms with Gasteiger partial charge in [-0.25, -0.2) is 4.98 Å². The average molecular weight is 731 g/mol. The van der Waals surface area contributed by atoms with E-state index in [1.165, 1.54) is 33.0 Å².